The number of H-pyrrole nitrogens is 1. The third-order valence-electron chi connectivity index (χ3n) is 14.9. The summed E-state index contributed by atoms with van der Waals surface area (Å²) in [5.74, 6) is 0.108. The highest BCUT2D eigenvalue weighted by Crippen LogP contribution is 2.68. The summed E-state index contributed by atoms with van der Waals surface area (Å²) in [6.07, 6.45) is 6.13. The number of aliphatic hydroxyl groups excluding tert-OH is 3. The average Bonchev–Trinajstić information content (AvgIpc) is 3.87. The molecule has 298 valence electrons. The van der Waals surface area contributed by atoms with Gasteiger partial charge in [0.1, 0.15) is 30.6 Å². The Balaban J connectivity index is 0.850. The molecular weight excluding hydrogens is 698 g/mol. The standard InChI is InChI=1S/C39H57N5O10/c1-20(24-7-8-25-32-26(16-29(47)39(24,25)5)38(4)12-10-23(45)14-21(38)15-27(32)46)6-9-31(49)51-19-22-17-43(42-41-22)18-28-33-34(54-37(2,3)53-33)35(52-28)44-13-11-30(48)40-36(44)50/h11,13,17,20-21,23-29,32-35,45-47H,6-10,12,14-16,18-19H2,1-5H3,(H,40,48,50)/t20-,21+,23-,24-,25+,26+,27-,28-,29+,32+,33-,34-,35-,38+,39-/m1/s1. The van der Waals surface area contributed by atoms with Gasteiger partial charge in [-0.05, 0) is 112 Å². The predicted octanol–water partition coefficient (Wildman–Crippen LogP) is 2.67. The number of esters is 1. The summed E-state index contributed by atoms with van der Waals surface area (Å²) in [5, 5.41) is 42.3. The van der Waals surface area contributed by atoms with Crippen LogP contribution in [0.1, 0.15) is 104 Å². The van der Waals surface area contributed by atoms with Crippen molar-refractivity contribution < 1.29 is 39.1 Å². The van der Waals surface area contributed by atoms with Crippen LogP contribution in [0, 0.1) is 46.3 Å². The van der Waals surface area contributed by atoms with E-state index in [0.29, 0.717) is 18.5 Å². The molecular formula is C39H57N5O10. The van der Waals surface area contributed by atoms with E-state index in [1.807, 2.05) is 0 Å². The molecule has 15 nitrogen and oxygen atoms in total. The van der Waals surface area contributed by atoms with Gasteiger partial charge in [-0.1, -0.05) is 26.0 Å². The highest BCUT2D eigenvalue weighted by Gasteiger charge is 2.66. The lowest BCUT2D eigenvalue weighted by molar-refractivity contribution is -0.207. The zero-order chi connectivity index (χ0) is 38.3. The molecule has 2 aliphatic heterocycles. The van der Waals surface area contributed by atoms with Crippen molar-refractivity contribution in [1.82, 2.24) is 24.5 Å². The van der Waals surface area contributed by atoms with Gasteiger partial charge in [-0.15, -0.1) is 5.10 Å². The maximum atomic E-state index is 13.0. The number of carbonyl (C=O) groups is 1. The molecule has 2 aromatic heterocycles. The zero-order valence-corrected chi connectivity index (χ0v) is 32.0. The number of hydrogen-bond acceptors (Lipinski definition) is 12. The molecule has 4 saturated carbocycles. The van der Waals surface area contributed by atoms with Crippen LogP contribution in [0.15, 0.2) is 28.0 Å². The van der Waals surface area contributed by atoms with Gasteiger partial charge in [0, 0.05) is 18.7 Å². The van der Waals surface area contributed by atoms with E-state index in [-0.39, 0.29) is 78.0 Å². The molecule has 6 fully saturated rings. The van der Waals surface area contributed by atoms with Crippen molar-refractivity contribution in [3.8, 4) is 0 Å². The monoisotopic (exact) mass is 755 g/mol. The Kier molecular flexibility index (Phi) is 9.77. The number of hydrogen-bond donors (Lipinski definition) is 4. The Morgan fingerprint density at radius 2 is 1.83 bits per heavy atom. The van der Waals surface area contributed by atoms with E-state index in [1.54, 1.807) is 24.7 Å². The first-order chi connectivity index (χ1) is 25.6. The smallest absolute Gasteiger partial charge is 0.330 e. The molecule has 0 bridgehead atoms. The maximum Gasteiger partial charge on any atom is 0.330 e. The Labute approximate surface area is 314 Å². The van der Waals surface area contributed by atoms with Crippen molar-refractivity contribution in [2.45, 2.75) is 154 Å². The van der Waals surface area contributed by atoms with E-state index in [9.17, 15) is 29.7 Å². The summed E-state index contributed by atoms with van der Waals surface area (Å²) in [6, 6.07) is 1.25. The molecule has 0 spiro atoms. The molecule has 54 heavy (non-hydrogen) atoms. The van der Waals surface area contributed by atoms with Crippen molar-refractivity contribution >= 4 is 5.97 Å². The fourth-order valence-electron chi connectivity index (χ4n) is 12.2. The Morgan fingerprint density at radius 1 is 1.06 bits per heavy atom. The van der Waals surface area contributed by atoms with E-state index in [0.717, 1.165) is 38.5 Å². The van der Waals surface area contributed by atoms with Crippen LogP contribution in [0.25, 0.3) is 0 Å². The first-order valence-electron chi connectivity index (χ1n) is 20.0. The molecule has 0 amide bonds. The molecule has 4 aliphatic carbocycles. The molecule has 15 heteroatoms. The minimum absolute atomic E-state index is 0.0328. The van der Waals surface area contributed by atoms with Crippen LogP contribution in [0.3, 0.4) is 0 Å². The second kappa shape index (κ2) is 13.9. The van der Waals surface area contributed by atoms with Gasteiger partial charge >= 0.3 is 11.7 Å². The topological polar surface area (TPSA) is 200 Å². The molecule has 2 saturated heterocycles. The second-order valence-corrected chi connectivity index (χ2v) is 18.3. The molecule has 0 aromatic carbocycles. The molecule has 8 rings (SSSR count). The Hall–Kier alpha value is -2.95. The van der Waals surface area contributed by atoms with E-state index in [1.165, 1.54) is 16.8 Å². The van der Waals surface area contributed by atoms with E-state index >= 15 is 0 Å². The van der Waals surface area contributed by atoms with Crippen molar-refractivity contribution in [3.05, 3.63) is 45.0 Å². The summed E-state index contributed by atoms with van der Waals surface area (Å²) >= 11 is 0. The summed E-state index contributed by atoms with van der Waals surface area (Å²) in [5.41, 5.74) is -0.939. The number of aliphatic hydroxyl groups is 3. The van der Waals surface area contributed by atoms with Gasteiger partial charge in [-0.25, -0.2) is 9.48 Å². The molecule has 0 unspecified atom stereocenters. The normalized spacial score (nSPS) is 42.8. The van der Waals surface area contributed by atoms with Crippen molar-refractivity contribution in [2.75, 3.05) is 0 Å². The van der Waals surface area contributed by atoms with Crippen LogP contribution in [-0.2, 0) is 36.9 Å². The van der Waals surface area contributed by atoms with E-state index < -0.39 is 53.8 Å². The number of carbonyl (C=O) groups excluding carboxylic acids is 1. The van der Waals surface area contributed by atoms with Gasteiger partial charge in [-0.2, -0.15) is 0 Å². The van der Waals surface area contributed by atoms with Crippen LogP contribution in [-0.4, -0.2) is 88.2 Å². The summed E-state index contributed by atoms with van der Waals surface area (Å²) in [4.78, 5) is 39.4. The third kappa shape index (κ3) is 6.49. The van der Waals surface area contributed by atoms with Crippen molar-refractivity contribution in [1.29, 1.82) is 0 Å². The van der Waals surface area contributed by atoms with Gasteiger partial charge in [0.05, 0.1) is 31.1 Å². The molecule has 2 aromatic rings. The maximum absolute atomic E-state index is 13.0. The average molecular weight is 756 g/mol. The third-order valence-corrected chi connectivity index (χ3v) is 14.9. The van der Waals surface area contributed by atoms with Crippen LogP contribution >= 0.6 is 0 Å². The van der Waals surface area contributed by atoms with Crippen LogP contribution in [0.2, 0.25) is 0 Å². The summed E-state index contributed by atoms with van der Waals surface area (Å²) < 4.78 is 26.9. The molecule has 4 N–H and O–H groups in total. The first-order valence-corrected chi connectivity index (χ1v) is 20.0. The highest BCUT2D eigenvalue weighted by atomic mass is 16.8. The number of aromatic nitrogens is 5. The van der Waals surface area contributed by atoms with Gasteiger partial charge < -0.3 is 34.3 Å². The molecule has 15 atom stereocenters. The lowest BCUT2D eigenvalue weighted by Crippen LogP contribution is -2.62. The van der Waals surface area contributed by atoms with Crippen LogP contribution in [0.4, 0.5) is 0 Å². The lowest BCUT2D eigenvalue weighted by Gasteiger charge is -2.63. The minimum atomic E-state index is -0.905. The number of nitrogens with one attached hydrogen (secondary N) is 1. The summed E-state index contributed by atoms with van der Waals surface area (Å²) in [6.45, 7) is 10.5. The van der Waals surface area contributed by atoms with Gasteiger partial charge in [-0.3, -0.25) is 19.1 Å². The Morgan fingerprint density at radius 3 is 2.61 bits per heavy atom. The SMILES string of the molecule is C[C@H](CCC(=O)OCc1cn(C[C@H]2O[C@@H](n3ccc(=O)[nH]c3=O)[C@@H]3OC(C)(C)O[C@@H]32)nn1)[C@H]1CC[C@H]2[C@@H]3[C@H](O)C[C@@H]4C[C@H](O)CC[C@]4(C)[C@H]3C[C@H](O)[C@]12C. The molecule has 0 radical (unpaired) electrons. The zero-order valence-electron chi connectivity index (χ0n) is 32.0. The number of nitrogens with zero attached hydrogens (tertiary/aromatic N) is 4. The fraction of sp³-hybridized carbons (Fsp3) is 0.821. The predicted molar refractivity (Wildman–Crippen MR) is 191 cm³/mol. The lowest BCUT2D eigenvalue weighted by atomic mass is 9.43. The van der Waals surface area contributed by atoms with E-state index in [2.05, 4.69) is 36.1 Å². The largest absolute Gasteiger partial charge is 0.459 e. The second-order valence-electron chi connectivity index (χ2n) is 18.3. The van der Waals surface area contributed by atoms with Crippen LogP contribution < -0.4 is 11.2 Å². The van der Waals surface area contributed by atoms with Gasteiger partial charge in [0.15, 0.2) is 12.0 Å². The van der Waals surface area contributed by atoms with Crippen molar-refractivity contribution in [2.24, 2.45) is 46.3 Å². The summed E-state index contributed by atoms with van der Waals surface area (Å²) in [7, 11) is 0. The first kappa shape index (κ1) is 37.9. The minimum Gasteiger partial charge on any atom is -0.459 e. The number of fused-ring (bicyclic) bond motifs is 6. The number of ether oxygens (including phenoxy) is 4. The molecule has 6 aliphatic rings. The highest BCUT2D eigenvalue weighted by molar-refractivity contribution is 5.69. The number of rotatable bonds is 9. The molecule has 4 heterocycles. The number of aromatic amines is 1. The fourth-order valence-corrected chi connectivity index (χ4v) is 12.2. The van der Waals surface area contributed by atoms with Gasteiger partial charge in [0.25, 0.3) is 5.56 Å². The van der Waals surface area contributed by atoms with E-state index in [4.69, 9.17) is 18.9 Å². The van der Waals surface area contributed by atoms with Gasteiger partial charge in [0.2, 0.25) is 0 Å². The quantitative estimate of drug-likeness (QED) is 0.273. The van der Waals surface area contributed by atoms with Crippen molar-refractivity contribution in [3.63, 3.8) is 0 Å². The van der Waals surface area contributed by atoms with Crippen LogP contribution in [0.5, 0.6) is 0 Å². The Bertz CT molecular complexity index is 1830.